The van der Waals surface area contributed by atoms with Crippen molar-refractivity contribution in [3.63, 3.8) is 0 Å². The second-order valence-electron chi connectivity index (χ2n) is 5.51. The molecule has 1 aromatic rings. The molecule has 0 saturated carbocycles. The quantitative estimate of drug-likeness (QED) is 0.336. The number of aryl methyl sites for hydroxylation is 1. The molecule has 1 atom stereocenters. The highest BCUT2D eigenvalue weighted by molar-refractivity contribution is 5.28. The summed E-state index contributed by atoms with van der Waals surface area (Å²) >= 11 is 0. The van der Waals surface area contributed by atoms with Gasteiger partial charge in [-0.3, -0.25) is 0 Å². The average Bonchev–Trinajstić information content (AvgIpc) is 3.29. The first kappa shape index (κ1) is 15.1. The van der Waals surface area contributed by atoms with E-state index in [4.69, 9.17) is 9.47 Å². The zero-order valence-corrected chi connectivity index (χ0v) is 12.4. The summed E-state index contributed by atoms with van der Waals surface area (Å²) in [5, 5.41) is 0. The van der Waals surface area contributed by atoms with Crippen molar-refractivity contribution in [2.45, 2.75) is 51.0 Å². The largest absolute Gasteiger partial charge is 0.491 e. The van der Waals surface area contributed by atoms with Gasteiger partial charge in [-0.15, -0.1) is 6.58 Å². The maximum Gasteiger partial charge on any atom is 0.119 e. The van der Waals surface area contributed by atoms with Gasteiger partial charge in [-0.25, -0.2) is 0 Å². The summed E-state index contributed by atoms with van der Waals surface area (Å²) in [6, 6.07) is 8.47. The van der Waals surface area contributed by atoms with Gasteiger partial charge in [-0.05, 0) is 43.4 Å². The number of epoxide rings is 1. The summed E-state index contributed by atoms with van der Waals surface area (Å²) in [4.78, 5) is 0. The summed E-state index contributed by atoms with van der Waals surface area (Å²) in [7, 11) is 0. The zero-order chi connectivity index (χ0) is 14.0. The van der Waals surface area contributed by atoms with Crippen LogP contribution in [0.15, 0.2) is 36.9 Å². The molecule has 1 aromatic carbocycles. The molecule has 2 rings (SSSR count). The molecule has 20 heavy (non-hydrogen) atoms. The lowest BCUT2D eigenvalue weighted by Gasteiger charge is -2.07. The molecule has 0 N–H and O–H groups in total. The average molecular weight is 274 g/mol. The predicted octanol–water partition coefficient (Wildman–Crippen LogP) is 4.53. The maximum atomic E-state index is 5.71. The zero-order valence-electron chi connectivity index (χ0n) is 12.4. The Hall–Kier alpha value is -1.28. The molecule has 0 spiro atoms. The van der Waals surface area contributed by atoms with Crippen LogP contribution in [0.1, 0.15) is 44.1 Å². The first-order valence-corrected chi connectivity index (χ1v) is 7.83. The maximum absolute atomic E-state index is 5.71. The van der Waals surface area contributed by atoms with Crippen molar-refractivity contribution < 1.29 is 9.47 Å². The highest BCUT2D eigenvalue weighted by Gasteiger charge is 2.22. The van der Waals surface area contributed by atoms with Crippen LogP contribution in [0, 0.1) is 0 Å². The van der Waals surface area contributed by atoms with E-state index in [1.807, 2.05) is 12.1 Å². The minimum Gasteiger partial charge on any atom is -0.491 e. The number of rotatable bonds is 11. The Morgan fingerprint density at radius 1 is 1.20 bits per heavy atom. The summed E-state index contributed by atoms with van der Waals surface area (Å²) in [6.07, 6.45) is 11.2. The van der Waals surface area contributed by atoms with Crippen LogP contribution in [0.4, 0.5) is 0 Å². The van der Waals surface area contributed by atoms with Crippen LogP contribution in [-0.2, 0) is 11.2 Å². The Morgan fingerprint density at radius 3 is 2.80 bits per heavy atom. The highest BCUT2D eigenvalue weighted by atomic mass is 16.6. The van der Waals surface area contributed by atoms with Crippen LogP contribution in [0.5, 0.6) is 5.75 Å². The molecule has 0 bridgehead atoms. The third kappa shape index (κ3) is 6.25. The molecule has 1 fully saturated rings. The SMILES string of the molecule is C=CCCCCCCCc1cccc(OCC2CO2)c1. The van der Waals surface area contributed by atoms with Crippen LogP contribution in [-0.4, -0.2) is 19.3 Å². The van der Waals surface area contributed by atoms with Crippen molar-refractivity contribution in [3.8, 4) is 5.75 Å². The fourth-order valence-corrected chi connectivity index (χ4v) is 2.29. The van der Waals surface area contributed by atoms with Gasteiger partial charge in [-0.1, -0.05) is 37.5 Å². The number of allylic oxidation sites excluding steroid dienone is 1. The van der Waals surface area contributed by atoms with Crippen molar-refractivity contribution in [3.05, 3.63) is 42.5 Å². The number of hydrogen-bond donors (Lipinski definition) is 0. The first-order valence-electron chi connectivity index (χ1n) is 7.83. The van der Waals surface area contributed by atoms with Crippen LogP contribution < -0.4 is 4.74 Å². The lowest BCUT2D eigenvalue weighted by Crippen LogP contribution is -2.04. The molecule has 2 nitrogen and oxygen atoms in total. The number of hydrogen-bond acceptors (Lipinski definition) is 2. The van der Waals surface area contributed by atoms with Gasteiger partial charge in [0.2, 0.25) is 0 Å². The standard InChI is InChI=1S/C18H26O2/c1-2-3-4-5-6-7-8-10-16-11-9-12-17(13-16)19-14-18-15-20-18/h2,9,11-13,18H,1,3-8,10,14-15H2. The van der Waals surface area contributed by atoms with E-state index in [0.717, 1.165) is 25.2 Å². The fourth-order valence-electron chi connectivity index (χ4n) is 2.29. The molecule has 1 unspecified atom stereocenters. The van der Waals surface area contributed by atoms with Gasteiger partial charge in [0.1, 0.15) is 18.5 Å². The third-order valence-corrected chi connectivity index (χ3v) is 3.61. The molecule has 2 heteroatoms. The van der Waals surface area contributed by atoms with Crippen molar-refractivity contribution in [2.24, 2.45) is 0 Å². The normalized spacial score (nSPS) is 16.9. The van der Waals surface area contributed by atoms with Crippen LogP contribution in [0.2, 0.25) is 0 Å². The Balaban J connectivity index is 1.59. The number of ether oxygens (including phenoxy) is 2. The Morgan fingerprint density at radius 2 is 2.00 bits per heavy atom. The molecular formula is C18H26O2. The van der Waals surface area contributed by atoms with Crippen molar-refractivity contribution in [1.29, 1.82) is 0 Å². The van der Waals surface area contributed by atoms with E-state index < -0.39 is 0 Å². The van der Waals surface area contributed by atoms with Gasteiger partial charge >= 0.3 is 0 Å². The van der Waals surface area contributed by atoms with E-state index in [2.05, 4.69) is 24.8 Å². The van der Waals surface area contributed by atoms with Gasteiger partial charge in [0.25, 0.3) is 0 Å². The molecule has 110 valence electrons. The summed E-state index contributed by atoms with van der Waals surface area (Å²) < 4.78 is 10.9. The van der Waals surface area contributed by atoms with Crippen molar-refractivity contribution in [2.75, 3.05) is 13.2 Å². The van der Waals surface area contributed by atoms with Crippen molar-refractivity contribution >= 4 is 0 Å². The number of benzene rings is 1. The minimum absolute atomic E-state index is 0.328. The molecular weight excluding hydrogens is 248 g/mol. The van der Waals surface area contributed by atoms with Gasteiger partial charge in [-0.2, -0.15) is 0 Å². The first-order chi connectivity index (χ1) is 9.88. The molecule has 1 heterocycles. The second-order valence-corrected chi connectivity index (χ2v) is 5.51. The van der Waals surface area contributed by atoms with E-state index in [1.165, 1.54) is 37.7 Å². The van der Waals surface area contributed by atoms with Gasteiger partial charge in [0, 0.05) is 0 Å². The lowest BCUT2D eigenvalue weighted by molar-refractivity contribution is 0.263. The molecule has 0 amide bonds. The molecule has 1 saturated heterocycles. The van der Waals surface area contributed by atoms with Crippen molar-refractivity contribution in [1.82, 2.24) is 0 Å². The molecule has 1 aliphatic rings. The van der Waals surface area contributed by atoms with Crippen LogP contribution in [0.3, 0.4) is 0 Å². The van der Waals surface area contributed by atoms with E-state index in [1.54, 1.807) is 0 Å². The van der Waals surface area contributed by atoms with Gasteiger partial charge in [0.15, 0.2) is 0 Å². The lowest BCUT2D eigenvalue weighted by atomic mass is 10.0. The van der Waals surface area contributed by atoms with Crippen LogP contribution >= 0.6 is 0 Å². The van der Waals surface area contributed by atoms with Crippen LogP contribution in [0.25, 0.3) is 0 Å². The smallest absolute Gasteiger partial charge is 0.119 e. The third-order valence-electron chi connectivity index (χ3n) is 3.61. The Labute approximate surface area is 122 Å². The highest BCUT2D eigenvalue weighted by Crippen LogP contribution is 2.18. The molecule has 0 aliphatic carbocycles. The summed E-state index contributed by atoms with van der Waals surface area (Å²) in [5.74, 6) is 0.976. The fraction of sp³-hybridized carbons (Fsp3) is 0.556. The Bertz CT molecular complexity index is 396. The summed E-state index contributed by atoms with van der Waals surface area (Å²) in [5.41, 5.74) is 1.38. The molecule has 0 radical (unpaired) electrons. The minimum atomic E-state index is 0.328. The van der Waals surface area contributed by atoms with E-state index >= 15 is 0 Å². The predicted molar refractivity (Wildman–Crippen MR) is 83.3 cm³/mol. The second kappa shape index (κ2) is 8.80. The number of unbranched alkanes of at least 4 members (excludes halogenated alkanes) is 5. The van der Waals surface area contributed by atoms with E-state index in [9.17, 15) is 0 Å². The van der Waals surface area contributed by atoms with Gasteiger partial charge in [0.05, 0.1) is 6.61 Å². The molecule has 0 aromatic heterocycles. The Kier molecular flexibility index (Phi) is 6.65. The van der Waals surface area contributed by atoms with E-state index in [0.29, 0.717) is 12.7 Å². The van der Waals surface area contributed by atoms with Gasteiger partial charge < -0.3 is 9.47 Å². The molecule has 1 aliphatic heterocycles. The summed E-state index contributed by atoms with van der Waals surface area (Å²) in [6.45, 7) is 5.29. The monoisotopic (exact) mass is 274 g/mol. The van der Waals surface area contributed by atoms with E-state index in [-0.39, 0.29) is 0 Å². The topological polar surface area (TPSA) is 21.8 Å².